The first-order chi connectivity index (χ1) is 13.5. The van der Waals surface area contributed by atoms with E-state index < -0.39 is 11.7 Å². The number of hydrogen-bond acceptors (Lipinski definition) is 2. The van der Waals surface area contributed by atoms with Crippen LogP contribution in [0.3, 0.4) is 0 Å². The van der Waals surface area contributed by atoms with Crippen LogP contribution in [0.25, 0.3) is 10.9 Å². The second-order valence-electron chi connectivity index (χ2n) is 6.29. The van der Waals surface area contributed by atoms with Gasteiger partial charge in [-0.05, 0) is 35.7 Å². The summed E-state index contributed by atoms with van der Waals surface area (Å²) in [6, 6.07) is 15.3. The number of aromatic nitrogens is 1. The highest BCUT2D eigenvalue weighted by molar-refractivity contribution is 5.82. The quantitative estimate of drug-likeness (QED) is 0.511. The molecule has 0 amide bonds. The Morgan fingerprint density at radius 1 is 1.04 bits per heavy atom. The smallest absolute Gasteiger partial charge is 0.356 e. The predicted molar refractivity (Wildman–Crippen MR) is 105 cm³/mol. The number of pyridine rings is 1. The molecule has 0 aliphatic carbocycles. The van der Waals surface area contributed by atoms with Crippen molar-refractivity contribution in [1.29, 1.82) is 0 Å². The van der Waals surface area contributed by atoms with E-state index >= 15 is 0 Å². The second kappa shape index (κ2) is 8.73. The van der Waals surface area contributed by atoms with Gasteiger partial charge < -0.3 is 10.6 Å². The zero-order valence-electron chi connectivity index (χ0n) is 15.4. The van der Waals surface area contributed by atoms with Crippen molar-refractivity contribution in [1.82, 2.24) is 15.6 Å². The van der Waals surface area contributed by atoms with Gasteiger partial charge in [-0.3, -0.25) is 9.98 Å². The number of para-hydroxylation sites is 1. The molecule has 2 aromatic carbocycles. The number of guanidine groups is 1. The molecule has 0 radical (unpaired) electrons. The number of nitrogens with zero attached hydrogens (tertiary/aromatic N) is 2. The number of halogens is 3. The first-order valence-electron chi connectivity index (χ1n) is 8.90. The van der Waals surface area contributed by atoms with E-state index in [0.717, 1.165) is 35.0 Å². The minimum absolute atomic E-state index is 0.249. The summed E-state index contributed by atoms with van der Waals surface area (Å²) < 4.78 is 38.4. The molecule has 3 aromatic rings. The highest BCUT2D eigenvalue weighted by Gasteiger charge is 2.30. The Morgan fingerprint density at radius 2 is 1.82 bits per heavy atom. The van der Waals surface area contributed by atoms with Crippen molar-refractivity contribution in [3.63, 3.8) is 0 Å². The average molecular weight is 386 g/mol. The van der Waals surface area contributed by atoms with Gasteiger partial charge in [0.15, 0.2) is 5.96 Å². The van der Waals surface area contributed by atoms with E-state index in [1.54, 1.807) is 19.3 Å². The molecule has 0 aliphatic rings. The zero-order valence-corrected chi connectivity index (χ0v) is 15.4. The molecule has 0 atom stereocenters. The Morgan fingerprint density at radius 3 is 2.61 bits per heavy atom. The number of alkyl halides is 3. The monoisotopic (exact) mass is 386 g/mol. The fraction of sp³-hybridized carbons (Fsp3) is 0.238. The normalized spacial score (nSPS) is 12.2. The summed E-state index contributed by atoms with van der Waals surface area (Å²) in [4.78, 5) is 8.56. The van der Waals surface area contributed by atoms with E-state index in [2.05, 4.69) is 20.6 Å². The van der Waals surface area contributed by atoms with Gasteiger partial charge in [-0.25, -0.2) is 0 Å². The van der Waals surface area contributed by atoms with Gasteiger partial charge in [-0.1, -0.05) is 36.4 Å². The highest BCUT2D eigenvalue weighted by Crippen LogP contribution is 2.29. The van der Waals surface area contributed by atoms with Crippen molar-refractivity contribution in [2.24, 2.45) is 4.99 Å². The standard InChI is InChI=1S/C21H21F3N4/c1-25-20(28-14-15-5-2-9-18(13-15)21(22,23)24)27-12-10-17-7-3-6-16-8-4-11-26-19(16)17/h2-9,11,13H,10,12,14H2,1H3,(H2,25,27,28). The van der Waals surface area contributed by atoms with Crippen LogP contribution in [0.2, 0.25) is 0 Å². The Balaban J connectivity index is 1.55. The van der Waals surface area contributed by atoms with Crippen LogP contribution < -0.4 is 10.6 Å². The first kappa shape index (κ1) is 19.7. The van der Waals surface area contributed by atoms with Gasteiger partial charge in [0.1, 0.15) is 0 Å². The van der Waals surface area contributed by atoms with Crippen LogP contribution in [0.5, 0.6) is 0 Å². The third-order valence-electron chi connectivity index (χ3n) is 4.34. The van der Waals surface area contributed by atoms with E-state index in [0.29, 0.717) is 18.1 Å². The average Bonchev–Trinajstić information content (AvgIpc) is 2.70. The Labute approximate surface area is 161 Å². The lowest BCUT2D eigenvalue weighted by Crippen LogP contribution is -2.37. The van der Waals surface area contributed by atoms with Gasteiger partial charge in [0.25, 0.3) is 0 Å². The maximum absolute atomic E-state index is 12.8. The van der Waals surface area contributed by atoms with Crippen LogP contribution in [0.15, 0.2) is 65.8 Å². The minimum atomic E-state index is -4.34. The fourth-order valence-electron chi connectivity index (χ4n) is 2.95. The van der Waals surface area contributed by atoms with E-state index in [-0.39, 0.29) is 6.54 Å². The Kier molecular flexibility index (Phi) is 6.13. The van der Waals surface area contributed by atoms with Crippen molar-refractivity contribution < 1.29 is 13.2 Å². The maximum Gasteiger partial charge on any atom is 0.416 e. The van der Waals surface area contributed by atoms with E-state index in [4.69, 9.17) is 0 Å². The molecule has 7 heteroatoms. The maximum atomic E-state index is 12.8. The molecule has 0 unspecified atom stereocenters. The van der Waals surface area contributed by atoms with Crippen LogP contribution in [-0.4, -0.2) is 24.5 Å². The molecule has 0 saturated carbocycles. The highest BCUT2D eigenvalue weighted by atomic mass is 19.4. The third-order valence-corrected chi connectivity index (χ3v) is 4.34. The molecule has 0 aliphatic heterocycles. The number of benzene rings is 2. The van der Waals surface area contributed by atoms with Crippen LogP contribution in [-0.2, 0) is 19.1 Å². The molecule has 146 valence electrons. The second-order valence-corrected chi connectivity index (χ2v) is 6.29. The number of fused-ring (bicyclic) bond motifs is 1. The first-order valence-corrected chi connectivity index (χ1v) is 8.90. The SMILES string of the molecule is CN=C(NCCc1cccc2cccnc12)NCc1cccc(C(F)(F)F)c1. The van der Waals surface area contributed by atoms with Crippen molar-refractivity contribution in [3.8, 4) is 0 Å². The van der Waals surface area contributed by atoms with E-state index in [1.165, 1.54) is 6.07 Å². The van der Waals surface area contributed by atoms with Crippen molar-refractivity contribution >= 4 is 16.9 Å². The van der Waals surface area contributed by atoms with E-state index in [1.807, 2.05) is 30.3 Å². The molecular weight excluding hydrogens is 365 g/mol. The molecule has 0 bridgehead atoms. The van der Waals surface area contributed by atoms with Crippen LogP contribution >= 0.6 is 0 Å². The summed E-state index contributed by atoms with van der Waals surface area (Å²) >= 11 is 0. The topological polar surface area (TPSA) is 49.3 Å². The summed E-state index contributed by atoms with van der Waals surface area (Å²) in [5.41, 5.74) is 1.98. The minimum Gasteiger partial charge on any atom is -0.356 e. The van der Waals surface area contributed by atoms with Crippen LogP contribution in [0.4, 0.5) is 13.2 Å². The van der Waals surface area contributed by atoms with Gasteiger partial charge in [0, 0.05) is 31.7 Å². The summed E-state index contributed by atoms with van der Waals surface area (Å²) in [5, 5.41) is 7.32. The summed E-state index contributed by atoms with van der Waals surface area (Å²) in [5.74, 6) is 0.533. The third kappa shape index (κ3) is 5.00. The van der Waals surface area contributed by atoms with Crippen molar-refractivity contribution in [2.75, 3.05) is 13.6 Å². The summed E-state index contributed by atoms with van der Waals surface area (Å²) in [6.45, 7) is 0.872. The molecule has 2 N–H and O–H groups in total. The summed E-state index contributed by atoms with van der Waals surface area (Å²) in [7, 11) is 1.63. The fourth-order valence-corrected chi connectivity index (χ4v) is 2.95. The molecular formula is C21H21F3N4. The van der Waals surface area contributed by atoms with Crippen LogP contribution in [0.1, 0.15) is 16.7 Å². The lowest BCUT2D eigenvalue weighted by Gasteiger charge is -2.13. The number of nitrogens with one attached hydrogen (secondary N) is 2. The lowest BCUT2D eigenvalue weighted by molar-refractivity contribution is -0.137. The van der Waals surface area contributed by atoms with Crippen LogP contribution in [0, 0.1) is 0 Å². The molecule has 1 aromatic heterocycles. The zero-order chi connectivity index (χ0) is 20.0. The van der Waals surface area contributed by atoms with Gasteiger partial charge >= 0.3 is 6.18 Å². The van der Waals surface area contributed by atoms with Gasteiger partial charge in [0.2, 0.25) is 0 Å². The molecule has 0 spiro atoms. The Hall–Kier alpha value is -3.09. The number of aliphatic imine (C=N–C) groups is 1. The van der Waals surface area contributed by atoms with Gasteiger partial charge in [0.05, 0.1) is 11.1 Å². The molecule has 3 rings (SSSR count). The van der Waals surface area contributed by atoms with Crippen molar-refractivity contribution in [3.05, 3.63) is 77.5 Å². The number of rotatable bonds is 5. The Bertz CT molecular complexity index is 962. The van der Waals surface area contributed by atoms with Gasteiger partial charge in [-0.2, -0.15) is 13.2 Å². The van der Waals surface area contributed by atoms with Crippen molar-refractivity contribution in [2.45, 2.75) is 19.1 Å². The van der Waals surface area contributed by atoms with E-state index in [9.17, 15) is 13.2 Å². The molecule has 28 heavy (non-hydrogen) atoms. The summed E-state index contributed by atoms with van der Waals surface area (Å²) in [6.07, 6.45) is -1.82. The molecule has 1 heterocycles. The molecule has 0 saturated heterocycles. The lowest BCUT2D eigenvalue weighted by atomic mass is 10.1. The largest absolute Gasteiger partial charge is 0.416 e. The number of hydrogen-bond donors (Lipinski definition) is 2. The predicted octanol–water partition coefficient (Wildman–Crippen LogP) is 4.16. The van der Waals surface area contributed by atoms with Gasteiger partial charge in [-0.15, -0.1) is 0 Å². The molecule has 0 fully saturated rings. The molecule has 4 nitrogen and oxygen atoms in total.